The van der Waals surface area contributed by atoms with Gasteiger partial charge in [0.1, 0.15) is 0 Å². The summed E-state index contributed by atoms with van der Waals surface area (Å²) in [4.78, 5) is 16.8. The second kappa shape index (κ2) is 8.17. The molecule has 0 aromatic heterocycles. The molecule has 4 rings (SSSR count). The van der Waals surface area contributed by atoms with Crippen molar-refractivity contribution in [1.82, 2.24) is 4.90 Å². The number of benzene rings is 1. The first-order chi connectivity index (χ1) is 13.2. The van der Waals surface area contributed by atoms with E-state index in [9.17, 15) is 4.79 Å². The second-order valence-corrected chi connectivity index (χ2v) is 7.63. The molecule has 1 saturated carbocycles. The minimum Gasteiger partial charge on any atom is -0.462 e. The lowest BCUT2D eigenvalue weighted by Crippen LogP contribution is -2.52. The van der Waals surface area contributed by atoms with E-state index in [4.69, 9.17) is 14.2 Å². The SMILES string of the molecule is CCOC(=O)c1ccc(N2CCN(C3CCC4(CC3)OCCO4)CC2)cc1. The van der Waals surface area contributed by atoms with Crippen LogP contribution in [0.5, 0.6) is 0 Å². The van der Waals surface area contributed by atoms with E-state index >= 15 is 0 Å². The van der Waals surface area contributed by atoms with Gasteiger partial charge >= 0.3 is 5.97 Å². The number of piperazine rings is 1. The molecular formula is C21H30N2O4. The molecule has 1 aromatic carbocycles. The fourth-order valence-electron chi connectivity index (χ4n) is 4.56. The van der Waals surface area contributed by atoms with E-state index in [1.807, 2.05) is 31.2 Å². The molecule has 2 heterocycles. The molecule has 2 saturated heterocycles. The maximum atomic E-state index is 11.8. The highest BCUT2D eigenvalue weighted by Gasteiger charge is 2.41. The van der Waals surface area contributed by atoms with Crippen molar-refractivity contribution in [2.75, 3.05) is 50.9 Å². The van der Waals surface area contributed by atoms with Crippen LogP contribution in [-0.4, -0.2) is 68.7 Å². The molecule has 148 valence electrons. The Labute approximate surface area is 161 Å². The average molecular weight is 374 g/mol. The Morgan fingerprint density at radius 2 is 1.70 bits per heavy atom. The number of ether oxygens (including phenoxy) is 3. The molecule has 1 aliphatic carbocycles. The number of anilines is 1. The zero-order valence-corrected chi connectivity index (χ0v) is 16.2. The van der Waals surface area contributed by atoms with Gasteiger partial charge in [-0.1, -0.05) is 0 Å². The summed E-state index contributed by atoms with van der Waals surface area (Å²) in [7, 11) is 0. The maximum absolute atomic E-state index is 11.8. The van der Waals surface area contributed by atoms with Crippen LogP contribution < -0.4 is 4.90 Å². The van der Waals surface area contributed by atoms with Crippen LogP contribution >= 0.6 is 0 Å². The number of esters is 1. The number of carbonyl (C=O) groups is 1. The van der Waals surface area contributed by atoms with Gasteiger partial charge in [-0.3, -0.25) is 4.90 Å². The molecule has 1 spiro atoms. The topological polar surface area (TPSA) is 51.2 Å². The van der Waals surface area contributed by atoms with Crippen LogP contribution in [0.2, 0.25) is 0 Å². The minimum atomic E-state index is -0.265. The standard InChI is InChI=1S/C21H30N2O4/c1-2-25-20(24)17-3-5-18(6-4-17)22-11-13-23(14-12-22)19-7-9-21(10-8-19)26-15-16-27-21/h3-6,19H,2,7-16H2,1H3. The first kappa shape index (κ1) is 18.7. The molecule has 2 aliphatic heterocycles. The maximum Gasteiger partial charge on any atom is 0.338 e. The molecule has 0 unspecified atom stereocenters. The summed E-state index contributed by atoms with van der Waals surface area (Å²) >= 11 is 0. The zero-order chi connectivity index (χ0) is 18.7. The van der Waals surface area contributed by atoms with E-state index in [1.54, 1.807) is 0 Å². The molecule has 6 heteroatoms. The van der Waals surface area contributed by atoms with Gasteiger partial charge in [0.2, 0.25) is 0 Å². The van der Waals surface area contributed by atoms with Crippen LogP contribution in [0.15, 0.2) is 24.3 Å². The molecule has 6 nitrogen and oxygen atoms in total. The predicted octanol–water partition coefficient (Wildman–Crippen LogP) is 2.67. The van der Waals surface area contributed by atoms with Gasteiger partial charge in [0.05, 0.1) is 25.4 Å². The molecule has 0 atom stereocenters. The highest BCUT2D eigenvalue weighted by atomic mass is 16.7. The normalized spacial score (nSPS) is 23.7. The Kier molecular flexibility index (Phi) is 5.66. The largest absolute Gasteiger partial charge is 0.462 e. The van der Waals surface area contributed by atoms with Gasteiger partial charge in [0, 0.05) is 50.7 Å². The average Bonchev–Trinajstić information content (AvgIpc) is 3.17. The summed E-state index contributed by atoms with van der Waals surface area (Å²) in [6, 6.07) is 8.43. The smallest absolute Gasteiger partial charge is 0.338 e. The number of rotatable bonds is 4. The summed E-state index contributed by atoms with van der Waals surface area (Å²) in [6.07, 6.45) is 4.36. The van der Waals surface area contributed by atoms with Crippen molar-refractivity contribution in [3.05, 3.63) is 29.8 Å². The Hall–Kier alpha value is -1.63. The van der Waals surface area contributed by atoms with E-state index in [0.717, 1.165) is 65.1 Å². The summed E-state index contributed by atoms with van der Waals surface area (Å²) < 4.78 is 16.8. The fraction of sp³-hybridized carbons (Fsp3) is 0.667. The first-order valence-corrected chi connectivity index (χ1v) is 10.2. The Bertz CT molecular complexity index is 624. The molecule has 3 aliphatic rings. The monoisotopic (exact) mass is 374 g/mol. The van der Waals surface area contributed by atoms with Crippen LogP contribution in [0, 0.1) is 0 Å². The van der Waals surface area contributed by atoms with Crippen molar-refractivity contribution in [3.63, 3.8) is 0 Å². The lowest BCUT2D eigenvalue weighted by molar-refractivity contribution is -0.184. The molecule has 3 fully saturated rings. The van der Waals surface area contributed by atoms with Gasteiger partial charge in [-0.15, -0.1) is 0 Å². The molecular weight excluding hydrogens is 344 g/mol. The Morgan fingerprint density at radius 1 is 1.07 bits per heavy atom. The third kappa shape index (κ3) is 4.13. The molecule has 0 N–H and O–H groups in total. The third-order valence-electron chi connectivity index (χ3n) is 6.10. The summed E-state index contributed by atoms with van der Waals surface area (Å²) in [5.41, 5.74) is 1.80. The minimum absolute atomic E-state index is 0.251. The van der Waals surface area contributed by atoms with Gasteiger partial charge in [-0.05, 0) is 44.0 Å². The molecule has 0 bridgehead atoms. The van der Waals surface area contributed by atoms with Crippen molar-refractivity contribution >= 4 is 11.7 Å². The summed E-state index contributed by atoms with van der Waals surface area (Å²) in [5.74, 6) is -0.516. The molecule has 0 radical (unpaired) electrons. The van der Waals surface area contributed by atoms with E-state index < -0.39 is 0 Å². The number of hydrogen-bond donors (Lipinski definition) is 0. The van der Waals surface area contributed by atoms with Gasteiger partial charge in [0.15, 0.2) is 5.79 Å². The van der Waals surface area contributed by atoms with E-state index in [2.05, 4.69) is 9.80 Å². The van der Waals surface area contributed by atoms with E-state index in [-0.39, 0.29) is 11.8 Å². The molecule has 1 aromatic rings. The summed E-state index contributed by atoms with van der Waals surface area (Å²) in [5, 5.41) is 0. The van der Waals surface area contributed by atoms with Crippen molar-refractivity contribution in [1.29, 1.82) is 0 Å². The predicted molar refractivity (Wildman–Crippen MR) is 103 cm³/mol. The molecule has 27 heavy (non-hydrogen) atoms. The van der Waals surface area contributed by atoms with Gasteiger partial charge in [-0.2, -0.15) is 0 Å². The van der Waals surface area contributed by atoms with Crippen molar-refractivity contribution < 1.29 is 19.0 Å². The number of nitrogens with zero attached hydrogens (tertiary/aromatic N) is 2. The van der Waals surface area contributed by atoms with Gasteiger partial charge in [0.25, 0.3) is 0 Å². The van der Waals surface area contributed by atoms with E-state index in [0.29, 0.717) is 18.2 Å². The highest BCUT2D eigenvalue weighted by molar-refractivity contribution is 5.89. The van der Waals surface area contributed by atoms with Crippen LogP contribution in [0.1, 0.15) is 43.0 Å². The zero-order valence-electron chi connectivity index (χ0n) is 16.2. The number of carbonyl (C=O) groups excluding carboxylic acids is 1. The van der Waals surface area contributed by atoms with Gasteiger partial charge < -0.3 is 19.1 Å². The highest BCUT2D eigenvalue weighted by Crippen LogP contribution is 2.37. The quantitative estimate of drug-likeness (QED) is 0.756. The Balaban J connectivity index is 1.27. The van der Waals surface area contributed by atoms with Crippen molar-refractivity contribution in [2.45, 2.75) is 44.4 Å². The molecule has 0 amide bonds. The first-order valence-electron chi connectivity index (χ1n) is 10.2. The van der Waals surface area contributed by atoms with Crippen LogP contribution in [-0.2, 0) is 14.2 Å². The third-order valence-corrected chi connectivity index (χ3v) is 6.10. The van der Waals surface area contributed by atoms with Gasteiger partial charge in [-0.25, -0.2) is 4.79 Å². The lowest BCUT2D eigenvalue weighted by Gasteiger charge is -2.44. The number of hydrogen-bond acceptors (Lipinski definition) is 6. The van der Waals surface area contributed by atoms with Crippen LogP contribution in [0.4, 0.5) is 5.69 Å². The van der Waals surface area contributed by atoms with Crippen molar-refractivity contribution in [3.8, 4) is 0 Å². The lowest BCUT2D eigenvalue weighted by atomic mass is 9.88. The van der Waals surface area contributed by atoms with Crippen molar-refractivity contribution in [2.24, 2.45) is 0 Å². The van der Waals surface area contributed by atoms with Crippen LogP contribution in [0.3, 0.4) is 0 Å². The second-order valence-electron chi connectivity index (χ2n) is 7.63. The van der Waals surface area contributed by atoms with Crippen LogP contribution in [0.25, 0.3) is 0 Å². The fourth-order valence-corrected chi connectivity index (χ4v) is 4.56. The Morgan fingerprint density at radius 3 is 2.30 bits per heavy atom. The van der Waals surface area contributed by atoms with E-state index in [1.165, 1.54) is 5.69 Å². The summed E-state index contributed by atoms with van der Waals surface area (Å²) in [6.45, 7) is 7.93.